The molecule has 0 fully saturated rings. The Hall–Kier alpha value is -5.23. The van der Waals surface area contributed by atoms with Crippen molar-refractivity contribution in [3.8, 4) is 0 Å². The summed E-state index contributed by atoms with van der Waals surface area (Å²) in [6.45, 7) is 27.1. The Morgan fingerprint density at radius 2 is 0.737 bits per heavy atom. The van der Waals surface area contributed by atoms with Gasteiger partial charge in [-0.15, -0.1) is 0 Å². The van der Waals surface area contributed by atoms with Crippen LogP contribution < -0.4 is 11.0 Å². The van der Waals surface area contributed by atoms with Gasteiger partial charge < -0.3 is 7.10 Å². The van der Waals surface area contributed by atoms with E-state index in [0.717, 1.165) is 66.4 Å². The van der Waals surface area contributed by atoms with E-state index in [4.69, 9.17) is 30.0 Å². The number of fused-ring (bicyclic) bond motifs is 14. The van der Waals surface area contributed by atoms with Crippen molar-refractivity contribution in [2.75, 3.05) is 0 Å². The molecule has 0 amide bonds. The van der Waals surface area contributed by atoms with E-state index in [0.29, 0.717) is 23.3 Å². The minimum absolute atomic E-state index is 0.0536. The summed E-state index contributed by atoms with van der Waals surface area (Å²) in [7, 11) is 0. The zero-order valence-corrected chi connectivity index (χ0v) is 36.2. The number of hydrogen-bond donors (Lipinski definition) is 0. The van der Waals surface area contributed by atoms with Gasteiger partial charge in [-0.2, -0.15) is 0 Å². The minimum Gasteiger partial charge on any atom is -0.389 e. The molecule has 0 unspecified atom stereocenters. The molecular weight excluding hydrogens is 716 g/mol. The highest BCUT2D eigenvalue weighted by Crippen LogP contribution is 2.42. The van der Waals surface area contributed by atoms with Crippen LogP contribution in [0, 0.1) is 0 Å². The zero-order valence-electron chi connectivity index (χ0n) is 35.1. The number of benzene rings is 4. The van der Waals surface area contributed by atoms with Gasteiger partial charge in [-0.25, -0.2) is 30.0 Å². The number of nitrogens with zero attached hydrogens (tertiary/aromatic N) is 8. The van der Waals surface area contributed by atoms with E-state index in [9.17, 15) is 0 Å². The first-order chi connectivity index (χ1) is 26.7. The largest absolute Gasteiger partial charge is 0.568 e. The lowest BCUT2D eigenvalue weighted by Gasteiger charge is -2.20. The van der Waals surface area contributed by atoms with Gasteiger partial charge in [-0.3, -0.25) is 0 Å². The predicted molar refractivity (Wildman–Crippen MR) is 236 cm³/mol. The standard InChI is InChI=1S/C48H48N8.Al/c1-45(2,3)25-13-17-29-33(21-25)41-49-37(29)54-42-35-23-27(47(7,8)9)15-19-31(35)39(51-42)56-44-36-24-28(48(10,11)12)16-20-32(36)40(52-44)55-43-34-22-26(46(4,5)6)14-18-30(34)38(50-43)53-41;/h13-24H,1-12H3;/q-2;+2. The molecule has 0 aliphatic carbocycles. The van der Waals surface area contributed by atoms with E-state index >= 15 is 0 Å². The van der Waals surface area contributed by atoms with Crippen LogP contribution in [0.2, 0.25) is 0 Å². The molecule has 6 aromatic rings. The maximum absolute atomic E-state index is 5.55. The van der Waals surface area contributed by atoms with Gasteiger partial charge in [0.2, 0.25) is 0 Å². The maximum Gasteiger partial charge on any atom is 0.568 e. The molecule has 8 nitrogen and oxygen atoms in total. The highest BCUT2D eigenvalue weighted by atomic mass is 27.1. The molecule has 4 aromatic carbocycles. The second kappa shape index (κ2) is 11.7. The number of aliphatic imine (C=N–C) groups is 4. The predicted octanol–water partition coefficient (Wildman–Crippen LogP) is 9.66. The van der Waals surface area contributed by atoms with Crippen molar-refractivity contribution < 1.29 is 0 Å². The van der Waals surface area contributed by atoms with Crippen LogP contribution in [0.3, 0.4) is 0 Å². The summed E-state index contributed by atoms with van der Waals surface area (Å²) >= 11 is -0.744. The third-order valence-corrected chi connectivity index (χ3v) is 13.3. The third kappa shape index (κ3) is 5.61. The average molecular weight is 764 g/mol. The quantitative estimate of drug-likeness (QED) is 0.138. The molecule has 283 valence electrons. The van der Waals surface area contributed by atoms with Crippen LogP contribution in [0.15, 0.2) is 103 Å². The highest BCUT2D eigenvalue weighted by molar-refractivity contribution is 6.37. The van der Waals surface area contributed by atoms with Crippen molar-refractivity contribution >= 4 is 72.2 Å². The minimum atomic E-state index is -0.744. The topological polar surface area (TPSA) is 84.0 Å². The smallest absolute Gasteiger partial charge is 0.389 e. The molecule has 0 N–H and O–H groups in total. The van der Waals surface area contributed by atoms with Crippen molar-refractivity contribution in [2.24, 2.45) is 30.0 Å². The number of rotatable bonds is 0. The Labute approximate surface area is 340 Å². The number of aromatic nitrogens is 2. The van der Waals surface area contributed by atoms with Crippen molar-refractivity contribution in [1.29, 1.82) is 0 Å². The van der Waals surface area contributed by atoms with Crippen LogP contribution in [0.1, 0.15) is 128 Å². The van der Waals surface area contributed by atoms with Crippen LogP contribution in [0.25, 0.3) is 21.5 Å². The molecular formula is C48H48AlN8. The molecule has 0 saturated carbocycles. The average Bonchev–Trinajstić information content (AvgIpc) is 3.82. The first kappa shape index (κ1) is 36.1. The lowest BCUT2D eigenvalue weighted by atomic mass is 9.85. The fourth-order valence-electron chi connectivity index (χ4n) is 8.26. The summed E-state index contributed by atoms with van der Waals surface area (Å²) in [4.78, 5) is 32.8. The van der Waals surface area contributed by atoms with Crippen molar-refractivity contribution in [3.63, 3.8) is 0 Å². The van der Waals surface area contributed by atoms with Gasteiger partial charge in [-0.1, -0.05) is 132 Å². The van der Waals surface area contributed by atoms with Gasteiger partial charge in [-0.05, 0) is 68.2 Å². The van der Waals surface area contributed by atoms with Gasteiger partial charge >= 0.3 is 15.7 Å². The Morgan fingerprint density at radius 3 is 1.26 bits per heavy atom. The highest BCUT2D eigenvalue weighted by Gasteiger charge is 2.33. The van der Waals surface area contributed by atoms with E-state index < -0.39 is 15.7 Å². The Bertz CT molecular complexity index is 3060. The lowest BCUT2D eigenvalue weighted by molar-refractivity contribution is 0.590. The summed E-state index contributed by atoms with van der Waals surface area (Å²) in [6, 6.07) is 26.9. The summed E-state index contributed by atoms with van der Waals surface area (Å²) in [5.74, 6) is 4.36. The number of hydrogen-bond acceptors (Lipinski definition) is 6. The maximum atomic E-state index is 5.55. The van der Waals surface area contributed by atoms with Crippen molar-refractivity contribution in [1.82, 2.24) is 7.10 Å². The number of amidine groups is 4. The molecule has 4 aliphatic heterocycles. The molecule has 10 rings (SSSR count). The van der Waals surface area contributed by atoms with E-state index in [1.54, 1.807) is 0 Å². The van der Waals surface area contributed by atoms with Crippen LogP contribution in [-0.2, 0) is 21.7 Å². The molecule has 57 heavy (non-hydrogen) atoms. The fraction of sp³-hybridized carbons (Fsp3) is 0.333. The third-order valence-electron chi connectivity index (χ3n) is 11.9. The van der Waals surface area contributed by atoms with E-state index in [1.165, 1.54) is 22.3 Å². The second-order valence-electron chi connectivity index (χ2n) is 20.2. The first-order valence-corrected chi connectivity index (χ1v) is 21.1. The lowest BCUT2D eigenvalue weighted by Crippen LogP contribution is -2.36. The summed E-state index contributed by atoms with van der Waals surface area (Å²) in [5, 5.41) is 4.17. The molecule has 6 bridgehead atoms. The van der Waals surface area contributed by atoms with Gasteiger partial charge in [0.25, 0.3) is 0 Å². The van der Waals surface area contributed by atoms with Gasteiger partial charge in [0.05, 0.1) is 0 Å². The van der Waals surface area contributed by atoms with Crippen LogP contribution in [0.5, 0.6) is 0 Å². The summed E-state index contributed by atoms with van der Waals surface area (Å²) < 4.78 is 4.65. The van der Waals surface area contributed by atoms with E-state index in [2.05, 4.69) is 163 Å². The normalized spacial score (nSPS) is 15.9. The van der Waals surface area contributed by atoms with Crippen LogP contribution >= 0.6 is 0 Å². The van der Waals surface area contributed by atoms with E-state index in [-0.39, 0.29) is 21.7 Å². The molecule has 0 spiro atoms. The van der Waals surface area contributed by atoms with Crippen LogP contribution in [0.4, 0.5) is 11.6 Å². The summed E-state index contributed by atoms with van der Waals surface area (Å²) in [6.07, 6.45) is 0. The van der Waals surface area contributed by atoms with Gasteiger partial charge in [0.15, 0.2) is 23.3 Å². The monoisotopic (exact) mass is 763 g/mol. The van der Waals surface area contributed by atoms with Crippen molar-refractivity contribution in [3.05, 3.63) is 128 Å². The zero-order chi connectivity index (χ0) is 40.1. The fourth-order valence-corrected chi connectivity index (χ4v) is 9.71. The molecule has 1 radical (unpaired) electrons. The second-order valence-corrected chi connectivity index (χ2v) is 21.4. The Kier molecular flexibility index (Phi) is 7.40. The SMILES string of the molecule is CC(C)(C)c1ccc2c(c1)C1=NC2=Nc2c3cc(C(C)(C)C)ccc3c3[n]2[Al][n]2c(c4ccc(C(C)(C)C)cc4c2=NC2=NC(=N3)c3cc(C(C)(C)C)ccc32)=N1. The van der Waals surface area contributed by atoms with Crippen LogP contribution in [-0.4, -0.2) is 46.1 Å². The molecule has 4 aliphatic rings. The van der Waals surface area contributed by atoms with E-state index in [1.807, 2.05) is 0 Å². The van der Waals surface area contributed by atoms with Gasteiger partial charge in [0, 0.05) is 43.8 Å². The van der Waals surface area contributed by atoms with Gasteiger partial charge in [0.1, 0.15) is 22.6 Å². The molecule has 0 atom stereocenters. The first-order valence-electron chi connectivity index (χ1n) is 20.0. The molecule has 2 aromatic heterocycles. The molecule has 9 heteroatoms. The molecule has 6 heterocycles. The summed E-state index contributed by atoms with van der Waals surface area (Å²) in [5.41, 5.74) is 10.3. The Balaban J connectivity index is 1.41. The van der Waals surface area contributed by atoms with Crippen molar-refractivity contribution in [2.45, 2.75) is 105 Å². The Morgan fingerprint density at radius 1 is 0.351 bits per heavy atom. The molecule has 0 saturated heterocycles.